The number of hydrogen-bond acceptors (Lipinski definition) is 5. The summed E-state index contributed by atoms with van der Waals surface area (Å²) in [4.78, 5) is 25.6. The molecule has 0 radical (unpaired) electrons. The number of likely N-dealkylation sites (tertiary alicyclic amines) is 1. The minimum Gasteiger partial charge on any atom is -0.463 e. The minimum atomic E-state index is -0.362. The average molecular weight is 282 g/mol. The van der Waals surface area contributed by atoms with Gasteiger partial charge in [0.15, 0.2) is 0 Å². The number of carbonyl (C=O) groups excluding carboxylic acids is 2. The smallest absolute Gasteiger partial charge is 0.337 e. The Kier molecular flexibility index (Phi) is 4.97. The van der Waals surface area contributed by atoms with Crippen molar-refractivity contribution in [1.29, 1.82) is 0 Å². The number of likely N-dealkylation sites (N-methyl/N-ethyl adjacent to an activating group) is 1. The standard InChI is InChI=1S/C13H22N4O3/c1-3-20-12(18)10-6-15-13(19)16-11(10)8-17-5-4-9(7-17)14-2/h9,14H,3-8H2,1-2H3,(H2,15,16,19). The number of hydrogen-bond donors (Lipinski definition) is 3. The first-order valence-electron chi connectivity index (χ1n) is 6.97. The molecule has 2 heterocycles. The second-order valence-corrected chi connectivity index (χ2v) is 4.99. The molecule has 1 saturated heterocycles. The molecule has 2 aliphatic rings. The van der Waals surface area contributed by atoms with Gasteiger partial charge in [-0.25, -0.2) is 9.59 Å². The highest BCUT2D eigenvalue weighted by Crippen LogP contribution is 2.14. The van der Waals surface area contributed by atoms with Crippen LogP contribution in [0.4, 0.5) is 4.79 Å². The molecule has 2 rings (SSSR count). The summed E-state index contributed by atoms with van der Waals surface area (Å²) < 4.78 is 5.03. The first-order valence-corrected chi connectivity index (χ1v) is 6.97. The number of nitrogens with zero attached hydrogens (tertiary/aromatic N) is 1. The fraction of sp³-hybridized carbons (Fsp3) is 0.692. The number of esters is 1. The Morgan fingerprint density at radius 2 is 2.35 bits per heavy atom. The van der Waals surface area contributed by atoms with Gasteiger partial charge >= 0.3 is 12.0 Å². The first-order chi connectivity index (χ1) is 9.63. The molecule has 0 saturated carbocycles. The zero-order valence-corrected chi connectivity index (χ0v) is 12.0. The molecule has 2 aliphatic heterocycles. The van der Waals surface area contributed by atoms with Crippen LogP contribution in [0.1, 0.15) is 13.3 Å². The third-order valence-electron chi connectivity index (χ3n) is 3.64. The zero-order chi connectivity index (χ0) is 14.5. The normalized spacial score (nSPS) is 23.5. The molecule has 7 nitrogen and oxygen atoms in total. The SMILES string of the molecule is CCOC(=O)C1=C(CN2CCC(NC)C2)NC(=O)NC1. The van der Waals surface area contributed by atoms with Gasteiger partial charge in [-0.1, -0.05) is 0 Å². The predicted octanol–water partition coefficient (Wildman–Crippen LogP) is -0.590. The Hall–Kier alpha value is -1.60. The third kappa shape index (κ3) is 3.49. The summed E-state index contributed by atoms with van der Waals surface area (Å²) in [6.45, 7) is 4.76. The molecule has 3 N–H and O–H groups in total. The highest BCUT2D eigenvalue weighted by molar-refractivity contribution is 5.93. The summed E-state index contributed by atoms with van der Waals surface area (Å²) in [6, 6.07) is 0.205. The van der Waals surface area contributed by atoms with Crippen LogP contribution in [-0.4, -0.2) is 62.8 Å². The van der Waals surface area contributed by atoms with E-state index in [1.165, 1.54) is 0 Å². The molecule has 112 valence electrons. The monoisotopic (exact) mass is 282 g/mol. The van der Waals surface area contributed by atoms with E-state index in [9.17, 15) is 9.59 Å². The van der Waals surface area contributed by atoms with Gasteiger partial charge in [-0.3, -0.25) is 4.90 Å². The van der Waals surface area contributed by atoms with Crippen LogP contribution in [0.15, 0.2) is 11.3 Å². The lowest BCUT2D eigenvalue weighted by atomic mass is 10.1. The molecule has 0 bridgehead atoms. The summed E-state index contributed by atoms with van der Waals surface area (Å²) in [5.41, 5.74) is 1.17. The van der Waals surface area contributed by atoms with Crippen LogP contribution in [0.2, 0.25) is 0 Å². The maximum absolute atomic E-state index is 11.9. The Morgan fingerprint density at radius 1 is 1.55 bits per heavy atom. The van der Waals surface area contributed by atoms with Crippen molar-refractivity contribution in [2.45, 2.75) is 19.4 Å². The maximum Gasteiger partial charge on any atom is 0.337 e. The lowest BCUT2D eigenvalue weighted by molar-refractivity contribution is -0.138. The fourth-order valence-corrected chi connectivity index (χ4v) is 2.52. The largest absolute Gasteiger partial charge is 0.463 e. The van der Waals surface area contributed by atoms with Crippen LogP contribution in [0, 0.1) is 0 Å². The van der Waals surface area contributed by atoms with Gasteiger partial charge in [0, 0.05) is 31.4 Å². The molecule has 0 spiro atoms. The molecular weight excluding hydrogens is 260 g/mol. The van der Waals surface area contributed by atoms with E-state index in [4.69, 9.17) is 4.74 Å². The van der Waals surface area contributed by atoms with E-state index in [1.54, 1.807) is 6.92 Å². The van der Waals surface area contributed by atoms with Crippen LogP contribution in [0.25, 0.3) is 0 Å². The van der Waals surface area contributed by atoms with Gasteiger partial charge in [0.05, 0.1) is 18.7 Å². The number of nitrogens with one attached hydrogen (secondary N) is 3. The van der Waals surface area contributed by atoms with E-state index in [1.807, 2.05) is 7.05 Å². The molecule has 2 amide bonds. The van der Waals surface area contributed by atoms with E-state index >= 15 is 0 Å². The molecule has 1 atom stereocenters. The van der Waals surface area contributed by atoms with E-state index < -0.39 is 0 Å². The van der Waals surface area contributed by atoms with Gasteiger partial charge in [-0.15, -0.1) is 0 Å². The number of amides is 2. The summed E-state index contributed by atoms with van der Waals surface area (Å²) in [6.07, 6.45) is 1.07. The van der Waals surface area contributed by atoms with Crippen molar-refractivity contribution in [1.82, 2.24) is 20.9 Å². The minimum absolute atomic E-state index is 0.225. The van der Waals surface area contributed by atoms with Crippen LogP contribution >= 0.6 is 0 Å². The number of carbonyl (C=O) groups is 2. The number of rotatable bonds is 5. The lowest BCUT2D eigenvalue weighted by Crippen LogP contribution is -2.46. The molecule has 7 heteroatoms. The molecule has 0 aromatic rings. The van der Waals surface area contributed by atoms with Gasteiger partial charge in [0.1, 0.15) is 0 Å². The highest BCUT2D eigenvalue weighted by Gasteiger charge is 2.27. The van der Waals surface area contributed by atoms with Gasteiger partial charge in [-0.2, -0.15) is 0 Å². The van der Waals surface area contributed by atoms with E-state index in [0.717, 1.165) is 19.5 Å². The Morgan fingerprint density at radius 3 is 3.00 bits per heavy atom. The van der Waals surface area contributed by atoms with Gasteiger partial charge in [0.25, 0.3) is 0 Å². The topological polar surface area (TPSA) is 82.7 Å². The van der Waals surface area contributed by atoms with Crippen molar-refractivity contribution >= 4 is 12.0 Å². The van der Waals surface area contributed by atoms with E-state index in [0.29, 0.717) is 30.5 Å². The quantitative estimate of drug-likeness (QED) is 0.587. The number of ether oxygens (including phenoxy) is 1. The summed E-state index contributed by atoms with van der Waals surface area (Å²) in [5.74, 6) is -0.362. The van der Waals surface area contributed by atoms with E-state index in [2.05, 4.69) is 20.9 Å². The van der Waals surface area contributed by atoms with Crippen molar-refractivity contribution in [2.24, 2.45) is 0 Å². The van der Waals surface area contributed by atoms with E-state index in [-0.39, 0.29) is 18.5 Å². The lowest BCUT2D eigenvalue weighted by Gasteiger charge is -2.25. The molecule has 1 fully saturated rings. The van der Waals surface area contributed by atoms with Gasteiger partial charge in [0.2, 0.25) is 0 Å². The molecular formula is C13H22N4O3. The Bertz CT molecular complexity index is 422. The molecule has 0 aromatic carbocycles. The third-order valence-corrected chi connectivity index (χ3v) is 3.64. The van der Waals surface area contributed by atoms with Gasteiger partial charge in [-0.05, 0) is 20.4 Å². The van der Waals surface area contributed by atoms with Crippen molar-refractivity contribution in [3.63, 3.8) is 0 Å². The first kappa shape index (κ1) is 14.8. The summed E-state index contributed by atoms with van der Waals surface area (Å²) >= 11 is 0. The van der Waals surface area contributed by atoms with Crippen LogP contribution in [0.5, 0.6) is 0 Å². The van der Waals surface area contributed by atoms with Crippen LogP contribution in [-0.2, 0) is 9.53 Å². The van der Waals surface area contributed by atoms with Crippen molar-refractivity contribution < 1.29 is 14.3 Å². The average Bonchev–Trinajstić information content (AvgIpc) is 2.87. The van der Waals surface area contributed by atoms with Crippen molar-refractivity contribution in [3.8, 4) is 0 Å². The maximum atomic E-state index is 11.9. The predicted molar refractivity (Wildman–Crippen MR) is 74.1 cm³/mol. The second-order valence-electron chi connectivity index (χ2n) is 4.99. The van der Waals surface area contributed by atoms with Crippen molar-refractivity contribution in [2.75, 3.05) is 39.8 Å². The molecule has 0 aliphatic carbocycles. The van der Waals surface area contributed by atoms with Crippen LogP contribution in [0.3, 0.4) is 0 Å². The summed E-state index contributed by atoms with van der Waals surface area (Å²) in [7, 11) is 1.95. The Labute approximate surface area is 118 Å². The molecule has 1 unspecified atom stereocenters. The number of urea groups is 1. The molecule has 20 heavy (non-hydrogen) atoms. The Balaban J connectivity index is 2.07. The van der Waals surface area contributed by atoms with Crippen molar-refractivity contribution in [3.05, 3.63) is 11.3 Å². The zero-order valence-electron chi connectivity index (χ0n) is 12.0. The van der Waals surface area contributed by atoms with Crippen LogP contribution < -0.4 is 16.0 Å². The second kappa shape index (κ2) is 6.71. The fourth-order valence-electron chi connectivity index (χ4n) is 2.52. The van der Waals surface area contributed by atoms with Gasteiger partial charge < -0.3 is 20.7 Å². The summed E-state index contributed by atoms with van der Waals surface area (Å²) in [5, 5.41) is 8.58. The molecule has 0 aromatic heterocycles. The highest BCUT2D eigenvalue weighted by atomic mass is 16.5.